The van der Waals surface area contributed by atoms with Gasteiger partial charge in [0.15, 0.2) is 0 Å². The second kappa shape index (κ2) is 9.25. The molecule has 0 fully saturated rings. The highest BCUT2D eigenvalue weighted by Crippen LogP contribution is 2.23. The summed E-state index contributed by atoms with van der Waals surface area (Å²) in [4.78, 5) is 23.3. The van der Waals surface area contributed by atoms with E-state index >= 15 is 0 Å². The van der Waals surface area contributed by atoms with Gasteiger partial charge in [0.1, 0.15) is 11.9 Å². The van der Waals surface area contributed by atoms with Crippen LogP contribution in [0.1, 0.15) is 45.1 Å². The molecule has 6 heteroatoms. The third-order valence-corrected chi connectivity index (χ3v) is 3.45. The lowest BCUT2D eigenvalue weighted by Gasteiger charge is -2.21. The number of halogens is 1. The van der Waals surface area contributed by atoms with Crippen LogP contribution in [0.5, 0.6) is 0 Å². The predicted octanol–water partition coefficient (Wildman–Crippen LogP) is 2.10. The van der Waals surface area contributed by atoms with E-state index in [4.69, 9.17) is 10.5 Å². The Morgan fingerprint density at radius 3 is 2.43 bits per heavy atom. The van der Waals surface area contributed by atoms with Crippen molar-refractivity contribution >= 4 is 11.9 Å². The van der Waals surface area contributed by atoms with Gasteiger partial charge in [0.25, 0.3) is 0 Å². The van der Waals surface area contributed by atoms with Gasteiger partial charge in [0.2, 0.25) is 5.91 Å². The molecule has 23 heavy (non-hydrogen) atoms. The fourth-order valence-corrected chi connectivity index (χ4v) is 2.38. The number of nitrogens with two attached hydrogens (primary N) is 1. The summed E-state index contributed by atoms with van der Waals surface area (Å²) in [6, 6.07) is 5.69. The van der Waals surface area contributed by atoms with E-state index in [-0.39, 0.29) is 30.3 Å². The second-order valence-corrected chi connectivity index (χ2v) is 5.77. The lowest BCUT2D eigenvalue weighted by atomic mass is 9.92. The van der Waals surface area contributed by atoms with Gasteiger partial charge in [-0.2, -0.15) is 0 Å². The van der Waals surface area contributed by atoms with Gasteiger partial charge in [-0.15, -0.1) is 0 Å². The molecule has 1 unspecified atom stereocenters. The number of benzene rings is 1. The molecule has 0 aromatic heterocycles. The van der Waals surface area contributed by atoms with Crippen LogP contribution in [0.3, 0.4) is 0 Å². The highest BCUT2D eigenvalue weighted by atomic mass is 19.1. The van der Waals surface area contributed by atoms with Gasteiger partial charge >= 0.3 is 5.97 Å². The Kier molecular flexibility index (Phi) is 7.68. The zero-order chi connectivity index (χ0) is 17.4. The van der Waals surface area contributed by atoms with Crippen LogP contribution >= 0.6 is 0 Å². The Labute approximate surface area is 136 Å². The van der Waals surface area contributed by atoms with Crippen molar-refractivity contribution in [1.29, 1.82) is 0 Å². The second-order valence-electron chi connectivity index (χ2n) is 5.77. The number of esters is 1. The number of ether oxygens (including phenoxy) is 1. The van der Waals surface area contributed by atoms with E-state index in [1.807, 2.05) is 0 Å². The molecule has 0 heterocycles. The van der Waals surface area contributed by atoms with Crippen LogP contribution in [0.2, 0.25) is 0 Å². The number of carbonyl (C=O) groups is 2. The fourth-order valence-electron chi connectivity index (χ4n) is 2.38. The molecule has 128 valence electrons. The highest BCUT2D eigenvalue weighted by molar-refractivity contribution is 5.83. The summed E-state index contributed by atoms with van der Waals surface area (Å²) in [6.07, 6.45) is 0.535. The summed E-state index contributed by atoms with van der Waals surface area (Å²) >= 11 is 0. The van der Waals surface area contributed by atoms with Crippen LogP contribution in [0.4, 0.5) is 4.39 Å². The fraction of sp³-hybridized carbons (Fsp3) is 0.529. The molecule has 1 amide bonds. The molecule has 0 aliphatic carbocycles. The maximum atomic E-state index is 13.9. The van der Waals surface area contributed by atoms with Gasteiger partial charge in [-0.05, 0) is 50.8 Å². The Hall–Kier alpha value is -1.95. The van der Waals surface area contributed by atoms with E-state index in [1.165, 1.54) is 13.0 Å². The van der Waals surface area contributed by atoms with E-state index in [0.29, 0.717) is 18.4 Å². The molecule has 5 nitrogen and oxygen atoms in total. The molecule has 0 spiro atoms. The zero-order valence-corrected chi connectivity index (χ0v) is 13.8. The summed E-state index contributed by atoms with van der Waals surface area (Å²) in [5.74, 6) is -1.34. The summed E-state index contributed by atoms with van der Waals surface area (Å²) in [6.45, 7) is 5.08. The van der Waals surface area contributed by atoms with Crippen LogP contribution in [0.25, 0.3) is 0 Å². The first-order valence-corrected chi connectivity index (χ1v) is 7.77. The molecule has 0 aliphatic rings. The van der Waals surface area contributed by atoms with Crippen LogP contribution in [-0.4, -0.2) is 30.6 Å². The van der Waals surface area contributed by atoms with Crippen molar-refractivity contribution < 1.29 is 18.7 Å². The van der Waals surface area contributed by atoms with Crippen LogP contribution in [0, 0.1) is 5.82 Å². The minimum absolute atomic E-state index is 0.223. The Morgan fingerprint density at radius 2 is 1.91 bits per heavy atom. The number of hydrogen-bond acceptors (Lipinski definition) is 4. The molecule has 1 aromatic rings. The maximum absolute atomic E-state index is 13.9. The van der Waals surface area contributed by atoms with E-state index in [1.54, 1.807) is 32.0 Å². The number of carbonyl (C=O) groups excluding carboxylic acids is 2. The molecule has 1 rings (SSSR count). The normalized spacial score (nSPS) is 13.5. The summed E-state index contributed by atoms with van der Waals surface area (Å²) in [5, 5.41) is 2.58. The summed E-state index contributed by atoms with van der Waals surface area (Å²) in [7, 11) is 0. The van der Waals surface area contributed by atoms with Gasteiger partial charge in [0, 0.05) is 6.92 Å². The van der Waals surface area contributed by atoms with Crippen LogP contribution < -0.4 is 11.1 Å². The monoisotopic (exact) mass is 324 g/mol. The molecule has 1 aromatic carbocycles. The van der Waals surface area contributed by atoms with Crippen molar-refractivity contribution in [2.75, 3.05) is 6.54 Å². The van der Waals surface area contributed by atoms with Gasteiger partial charge in [0.05, 0.1) is 6.10 Å². The molecule has 0 aliphatic heterocycles. The van der Waals surface area contributed by atoms with Crippen molar-refractivity contribution in [3.63, 3.8) is 0 Å². The predicted molar refractivity (Wildman–Crippen MR) is 86.3 cm³/mol. The van der Waals surface area contributed by atoms with Gasteiger partial charge in [-0.1, -0.05) is 18.2 Å². The van der Waals surface area contributed by atoms with Crippen LogP contribution in [0.15, 0.2) is 24.3 Å². The molecule has 0 saturated heterocycles. The molecule has 3 N–H and O–H groups in total. The number of nitrogens with one attached hydrogen (secondary N) is 1. The topological polar surface area (TPSA) is 81.4 Å². The van der Waals surface area contributed by atoms with E-state index in [2.05, 4.69) is 5.32 Å². The first-order chi connectivity index (χ1) is 10.8. The van der Waals surface area contributed by atoms with Crippen LogP contribution in [-0.2, 0) is 14.3 Å². The average molecular weight is 324 g/mol. The van der Waals surface area contributed by atoms with Crippen molar-refractivity contribution in [2.45, 2.75) is 51.7 Å². The van der Waals surface area contributed by atoms with Gasteiger partial charge in [-0.3, -0.25) is 4.79 Å². The van der Waals surface area contributed by atoms with Crippen molar-refractivity contribution in [3.8, 4) is 0 Å². The van der Waals surface area contributed by atoms with Crippen molar-refractivity contribution in [1.82, 2.24) is 5.32 Å². The quantitative estimate of drug-likeness (QED) is 0.718. The Bertz CT molecular complexity index is 534. The molecule has 0 radical (unpaired) electrons. The molecule has 0 saturated carbocycles. The Balaban J connectivity index is 2.77. The molecule has 2 atom stereocenters. The number of rotatable bonds is 8. The molecule has 0 bridgehead atoms. The van der Waals surface area contributed by atoms with E-state index in [9.17, 15) is 14.0 Å². The number of hydrogen-bond donors (Lipinski definition) is 2. The van der Waals surface area contributed by atoms with Gasteiger partial charge < -0.3 is 15.8 Å². The first kappa shape index (κ1) is 19.1. The Morgan fingerprint density at radius 1 is 1.26 bits per heavy atom. The number of amides is 1. The van der Waals surface area contributed by atoms with E-state index < -0.39 is 12.0 Å². The summed E-state index contributed by atoms with van der Waals surface area (Å²) < 4.78 is 19.0. The standard InChI is InChI=1S/C17H25FN2O3/c1-11(2)23-17(22)16(20-12(3)21)9-8-13(10-19)14-6-4-5-7-15(14)18/h4-7,11,13,16H,8-10,19H2,1-3H3,(H,20,21)/t13-,16?/m1/s1. The summed E-state index contributed by atoms with van der Waals surface area (Å²) in [5.41, 5.74) is 6.27. The largest absolute Gasteiger partial charge is 0.461 e. The molecular formula is C17H25FN2O3. The maximum Gasteiger partial charge on any atom is 0.328 e. The first-order valence-electron chi connectivity index (χ1n) is 7.77. The lowest BCUT2D eigenvalue weighted by molar-refractivity contribution is -0.151. The lowest BCUT2D eigenvalue weighted by Crippen LogP contribution is -2.42. The van der Waals surface area contributed by atoms with Crippen molar-refractivity contribution in [3.05, 3.63) is 35.6 Å². The minimum Gasteiger partial charge on any atom is -0.461 e. The smallest absolute Gasteiger partial charge is 0.328 e. The van der Waals surface area contributed by atoms with Gasteiger partial charge in [-0.25, -0.2) is 9.18 Å². The van der Waals surface area contributed by atoms with Crippen molar-refractivity contribution in [2.24, 2.45) is 5.73 Å². The third kappa shape index (κ3) is 6.36. The third-order valence-electron chi connectivity index (χ3n) is 3.45. The minimum atomic E-state index is -0.754. The highest BCUT2D eigenvalue weighted by Gasteiger charge is 2.24. The molecular weight excluding hydrogens is 299 g/mol. The zero-order valence-electron chi connectivity index (χ0n) is 13.8. The average Bonchev–Trinajstić information content (AvgIpc) is 2.47. The van der Waals surface area contributed by atoms with E-state index in [0.717, 1.165) is 0 Å². The SMILES string of the molecule is CC(=O)NC(CC[C@H](CN)c1ccccc1F)C(=O)OC(C)C.